The summed E-state index contributed by atoms with van der Waals surface area (Å²) in [6.07, 6.45) is 0. The topological polar surface area (TPSA) is 145 Å². The number of aromatic nitrogens is 4. The summed E-state index contributed by atoms with van der Waals surface area (Å²) < 4.78 is 1.86. The van der Waals surface area contributed by atoms with E-state index < -0.39 is 4.92 Å². The SMILES string of the molecule is CCn1c(SCC(=O)Nc2nc(-c3ccc(C)c([N+](=O)[O-])c3)cs2)nnc1[C@H](C)NC(=O)c1ccccc1. The van der Waals surface area contributed by atoms with Crippen LogP contribution in [-0.4, -0.2) is 42.2 Å². The first-order chi connectivity index (χ1) is 18.3. The third-order valence-corrected chi connectivity index (χ3v) is 7.34. The van der Waals surface area contributed by atoms with Crippen molar-refractivity contribution in [3.8, 4) is 11.3 Å². The molecule has 11 nitrogen and oxygen atoms in total. The van der Waals surface area contributed by atoms with Gasteiger partial charge in [-0.15, -0.1) is 21.5 Å². The maximum Gasteiger partial charge on any atom is 0.272 e. The van der Waals surface area contributed by atoms with Crippen LogP contribution in [0.2, 0.25) is 0 Å². The van der Waals surface area contributed by atoms with Crippen LogP contribution in [0.15, 0.2) is 59.1 Å². The van der Waals surface area contributed by atoms with Crippen LogP contribution in [0.3, 0.4) is 0 Å². The van der Waals surface area contributed by atoms with Gasteiger partial charge in [0.25, 0.3) is 11.6 Å². The number of nitro benzene ring substituents is 1. The average Bonchev–Trinajstić information content (AvgIpc) is 3.55. The number of benzene rings is 2. The van der Waals surface area contributed by atoms with Gasteiger partial charge in [-0.1, -0.05) is 42.1 Å². The molecule has 2 heterocycles. The lowest BCUT2D eigenvalue weighted by molar-refractivity contribution is -0.385. The predicted molar refractivity (Wildman–Crippen MR) is 146 cm³/mol. The van der Waals surface area contributed by atoms with Crippen molar-refractivity contribution in [2.75, 3.05) is 11.1 Å². The number of anilines is 1. The zero-order chi connectivity index (χ0) is 27.2. The molecule has 2 aromatic heterocycles. The molecule has 2 N–H and O–H groups in total. The van der Waals surface area contributed by atoms with Crippen LogP contribution < -0.4 is 10.6 Å². The lowest BCUT2D eigenvalue weighted by atomic mass is 10.1. The van der Waals surface area contributed by atoms with Gasteiger partial charge in [0.05, 0.1) is 22.4 Å². The van der Waals surface area contributed by atoms with E-state index in [-0.39, 0.29) is 29.3 Å². The second kappa shape index (κ2) is 12.0. The zero-order valence-corrected chi connectivity index (χ0v) is 22.5. The molecule has 0 unspecified atom stereocenters. The van der Waals surface area contributed by atoms with Crippen LogP contribution in [-0.2, 0) is 11.3 Å². The summed E-state index contributed by atoms with van der Waals surface area (Å²) in [5.74, 6) is 0.189. The molecule has 4 rings (SSSR count). The van der Waals surface area contributed by atoms with Crippen molar-refractivity contribution >= 4 is 45.7 Å². The lowest BCUT2D eigenvalue weighted by Gasteiger charge is -2.15. The van der Waals surface area contributed by atoms with E-state index in [1.165, 1.54) is 29.2 Å². The number of hydrogen-bond acceptors (Lipinski definition) is 9. The van der Waals surface area contributed by atoms with Gasteiger partial charge in [-0.3, -0.25) is 19.7 Å². The first kappa shape index (κ1) is 26.9. The van der Waals surface area contributed by atoms with Gasteiger partial charge in [-0.2, -0.15) is 0 Å². The summed E-state index contributed by atoms with van der Waals surface area (Å²) in [6.45, 7) is 6.02. The van der Waals surface area contributed by atoms with Gasteiger partial charge in [-0.05, 0) is 32.9 Å². The Morgan fingerprint density at radius 3 is 2.66 bits per heavy atom. The van der Waals surface area contributed by atoms with E-state index in [0.717, 1.165) is 0 Å². The number of nitrogens with zero attached hydrogens (tertiary/aromatic N) is 5. The lowest BCUT2D eigenvalue weighted by Crippen LogP contribution is -2.28. The van der Waals surface area contributed by atoms with Gasteiger partial charge in [0.15, 0.2) is 16.1 Å². The number of hydrogen-bond donors (Lipinski definition) is 2. The third kappa shape index (κ3) is 6.23. The van der Waals surface area contributed by atoms with E-state index in [9.17, 15) is 19.7 Å². The first-order valence-corrected chi connectivity index (χ1v) is 13.6. The standard InChI is InChI=1S/C25H25N7O4S2/c1-4-31-22(16(3)26-23(34)17-8-6-5-7-9-17)29-30-25(31)38-14-21(33)28-24-27-19(13-37-24)18-11-10-15(2)20(12-18)32(35)36/h5-13,16H,4,14H2,1-3H3,(H,26,34)(H,27,28,33)/t16-/m0/s1. The van der Waals surface area contributed by atoms with Crippen molar-refractivity contribution < 1.29 is 14.5 Å². The highest BCUT2D eigenvalue weighted by Gasteiger charge is 2.20. The van der Waals surface area contributed by atoms with E-state index in [1.807, 2.05) is 24.5 Å². The smallest absolute Gasteiger partial charge is 0.272 e. The fraction of sp³-hybridized carbons (Fsp3) is 0.240. The van der Waals surface area contributed by atoms with E-state index in [0.29, 0.717) is 45.0 Å². The summed E-state index contributed by atoms with van der Waals surface area (Å²) in [7, 11) is 0. The van der Waals surface area contributed by atoms with Gasteiger partial charge in [0.1, 0.15) is 0 Å². The predicted octanol–water partition coefficient (Wildman–Crippen LogP) is 4.86. The fourth-order valence-electron chi connectivity index (χ4n) is 3.67. The highest BCUT2D eigenvalue weighted by Crippen LogP contribution is 2.29. The Balaban J connectivity index is 1.36. The van der Waals surface area contributed by atoms with E-state index >= 15 is 0 Å². The average molecular weight is 552 g/mol. The Morgan fingerprint density at radius 2 is 1.95 bits per heavy atom. The maximum atomic E-state index is 12.6. The number of rotatable bonds is 10. The Bertz CT molecular complexity index is 1470. The molecule has 0 radical (unpaired) electrons. The molecule has 0 saturated carbocycles. The Morgan fingerprint density at radius 1 is 1.18 bits per heavy atom. The first-order valence-electron chi connectivity index (χ1n) is 11.7. The molecule has 0 aliphatic rings. The van der Waals surface area contributed by atoms with E-state index in [1.54, 1.807) is 48.7 Å². The van der Waals surface area contributed by atoms with Gasteiger partial charge in [-0.25, -0.2) is 4.98 Å². The second-order valence-electron chi connectivity index (χ2n) is 8.28. The van der Waals surface area contributed by atoms with Gasteiger partial charge >= 0.3 is 0 Å². The number of thiazole rings is 1. The molecule has 0 aliphatic heterocycles. The molecular formula is C25H25N7O4S2. The molecule has 2 amide bonds. The fourth-order valence-corrected chi connectivity index (χ4v) is 5.22. The van der Waals surface area contributed by atoms with Crippen LogP contribution in [0.4, 0.5) is 10.8 Å². The monoisotopic (exact) mass is 551 g/mol. The second-order valence-corrected chi connectivity index (χ2v) is 10.1. The molecular weight excluding hydrogens is 526 g/mol. The molecule has 0 saturated heterocycles. The third-order valence-electron chi connectivity index (χ3n) is 5.62. The minimum atomic E-state index is -0.427. The zero-order valence-electron chi connectivity index (χ0n) is 20.9. The molecule has 0 bridgehead atoms. The van der Waals surface area contributed by atoms with Crippen molar-refractivity contribution in [1.29, 1.82) is 0 Å². The molecule has 38 heavy (non-hydrogen) atoms. The summed E-state index contributed by atoms with van der Waals surface area (Å²) in [6, 6.07) is 13.5. The number of carbonyl (C=O) groups is 2. The Hall–Kier alpha value is -4.10. The van der Waals surface area contributed by atoms with Crippen molar-refractivity contribution in [3.05, 3.63) is 81.0 Å². The van der Waals surface area contributed by atoms with Crippen molar-refractivity contribution in [3.63, 3.8) is 0 Å². The maximum absolute atomic E-state index is 12.6. The molecule has 2 aromatic carbocycles. The number of amides is 2. The molecule has 4 aromatic rings. The number of nitro groups is 1. The van der Waals surface area contributed by atoms with Crippen molar-refractivity contribution in [1.82, 2.24) is 25.1 Å². The molecule has 1 atom stereocenters. The van der Waals surface area contributed by atoms with Crippen LogP contribution in [0, 0.1) is 17.0 Å². The van der Waals surface area contributed by atoms with Gasteiger partial charge < -0.3 is 15.2 Å². The van der Waals surface area contributed by atoms with Gasteiger partial charge in [0.2, 0.25) is 5.91 Å². The van der Waals surface area contributed by atoms with Gasteiger partial charge in [0, 0.05) is 34.7 Å². The molecule has 0 spiro atoms. The molecule has 196 valence electrons. The normalized spacial score (nSPS) is 11.7. The minimum absolute atomic E-state index is 0.0193. The summed E-state index contributed by atoms with van der Waals surface area (Å²) >= 11 is 2.47. The largest absolute Gasteiger partial charge is 0.342 e. The minimum Gasteiger partial charge on any atom is -0.342 e. The van der Waals surface area contributed by atoms with Crippen LogP contribution in [0.25, 0.3) is 11.3 Å². The quantitative estimate of drug-likeness (QED) is 0.161. The summed E-state index contributed by atoms with van der Waals surface area (Å²) in [4.78, 5) is 40.3. The molecule has 0 aliphatic carbocycles. The van der Waals surface area contributed by atoms with Crippen LogP contribution in [0.1, 0.15) is 41.6 Å². The Kier molecular flexibility index (Phi) is 8.48. The van der Waals surface area contributed by atoms with Crippen LogP contribution >= 0.6 is 23.1 Å². The van der Waals surface area contributed by atoms with E-state index in [4.69, 9.17) is 0 Å². The highest BCUT2D eigenvalue weighted by molar-refractivity contribution is 7.99. The van der Waals surface area contributed by atoms with E-state index in [2.05, 4.69) is 25.8 Å². The van der Waals surface area contributed by atoms with Crippen molar-refractivity contribution in [2.24, 2.45) is 0 Å². The summed E-state index contributed by atoms with van der Waals surface area (Å²) in [5.41, 5.74) is 2.29. The molecule has 13 heteroatoms. The Labute approximate surface area is 226 Å². The highest BCUT2D eigenvalue weighted by atomic mass is 32.2. The number of carbonyl (C=O) groups excluding carboxylic acids is 2. The number of nitrogens with one attached hydrogen (secondary N) is 2. The molecule has 0 fully saturated rings. The number of thioether (sulfide) groups is 1. The summed E-state index contributed by atoms with van der Waals surface area (Å²) in [5, 5.41) is 28.1. The van der Waals surface area contributed by atoms with Crippen LogP contribution in [0.5, 0.6) is 0 Å². The number of aryl methyl sites for hydroxylation is 1. The van der Waals surface area contributed by atoms with Crippen molar-refractivity contribution in [2.45, 2.75) is 38.5 Å².